The summed E-state index contributed by atoms with van der Waals surface area (Å²) in [4.78, 5) is 2.79. The highest BCUT2D eigenvalue weighted by atomic mass is 15.3. The van der Waals surface area contributed by atoms with Gasteiger partial charge in [-0.3, -0.25) is 4.90 Å². The van der Waals surface area contributed by atoms with Gasteiger partial charge in [0.1, 0.15) is 0 Å². The van der Waals surface area contributed by atoms with Crippen LogP contribution in [0.1, 0.15) is 47.0 Å². The van der Waals surface area contributed by atoms with Gasteiger partial charge >= 0.3 is 0 Å². The maximum Gasteiger partial charge on any atom is 0.0133 e. The van der Waals surface area contributed by atoms with Crippen molar-refractivity contribution in [2.24, 2.45) is 11.8 Å². The number of rotatable bonds is 2. The van der Waals surface area contributed by atoms with Gasteiger partial charge in [-0.1, -0.05) is 13.8 Å². The van der Waals surface area contributed by atoms with E-state index in [9.17, 15) is 0 Å². The molecule has 1 saturated carbocycles. The molecule has 0 spiro atoms. The Bertz CT molecular complexity index is 186. The Labute approximate surface area is 82.5 Å². The normalized spacial score (nSPS) is 39.7. The molecule has 0 amide bonds. The van der Waals surface area contributed by atoms with E-state index in [0.29, 0.717) is 0 Å². The van der Waals surface area contributed by atoms with E-state index in [2.05, 4.69) is 32.6 Å². The van der Waals surface area contributed by atoms with Gasteiger partial charge in [-0.05, 0) is 44.9 Å². The quantitative estimate of drug-likeness (QED) is 0.633. The first kappa shape index (κ1) is 9.51. The van der Waals surface area contributed by atoms with Gasteiger partial charge in [-0.25, -0.2) is 0 Å². The van der Waals surface area contributed by atoms with Crippen LogP contribution >= 0.6 is 0 Å². The van der Waals surface area contributed by atoms with E-state index >= 15 is 0 Å². The maximum atomic E-state index is 2.79. The molecule has 1 saturated heterocycles. The lowest BCUT2D eigenvalue weighted by atomic mass is 9.92. The highest BCUT2D eigenvalue weighted by Gasteiger charge is 2.48. The average molecular weight is 181 g/mol. The van der Waals surface area contributed by atoms with Gasteiger partial charge in [0.15, 0.2) is 0 Å². The van der Waals surface area contributed by atoms with Crippen molar-refractivity contribution in [2.45, 2.75) is 65.1 Å². The van der Waals surface area contributed by atoms with Crippen molar-refractivity contribution in [1.82, 2.24) is 4.90 Å². The molecule has 0 aromatic carbocycles. The van der Waals surface area contributed by atoms with Crippen LogP contribution in [-0.2, 0) is 0 Å². The van der Waals surface area contributed by atoms with Crippen LogP contribution in [0.4, 0.5) is 0 Å². The van der Waals surface area contributed by atoms with E-state index in [1.54, 1.807) is 0 Å². The van der Waals surface area contributed by atoms with E-state index in [1.807, 2.05) is 0 Å². The number of hydrogen-bond donors (Lipinski definition) is 0. The smallest absolute Gasteiger partial charge is 0.0133 e. The summed E-state index contributed by atoms with van der Waals surface area (Å²) in [6.07, 6.45) is 4.43. The molecule has 0 radical (unpaired) electrons. The van der Waals surface area contributed by atoms with Crippen LogP contribution in [-0.4, -0.2) is 23.0 Å². The van der Waals surface area contributed by atoms with Crippen molar-refractivity contribution >= 4 is 0 Å². The highest BCUT2D eigenvalue weighted by molar-refractivity contribution is 5.03. The largest absolute Gasteiger partial charge is 0.295 e. The zero-order valence-electron chi connectivity index (χ0n) is 9.46. The zero-order chi connectivity index (χ0) is 9.59. The summed E-state index contributed by atoms with van der Waals surface area (Å²) in [6.45, 7) is 9.47. The minimum absolute atomic E-state index is 0.752. The average Bonchev–Trinajstić information content (AvgIpc) is 2.79. The highest BCUT2D eigenvalue weighted by Crippen LogP contribution is 2.47. The van der Waals surface area contributed by atoms with Crippen LogP contribution < -0.4 is 0 Å². The fraction of sp³-hybridized carbons (Fsp3) is 1.00. The Morgan fingerprint density at radius 3 is 2.31 bits per heavy atom. The van der Waals surface area contributed by atoms with E-state index in [4.69, 9.17) is 0 Å². The van der Waals surface area contributed by atoms with Crippen molar-refractivity contribution in [3.63, 3.8) is 0 Å². The van der Waals surface area contributed by atoms with Gasteiger partial charge in [-0.2, -0.15) is 0 Å². The Morgan fingerprint density at radius 1 is 1.08 bits per heavy atom. The second kappa shape index (κ2) is 3.27. The molecule has 1 nitrogen and oxygen atoms in total. The molecule has 3 unspecified atom stereocenters. The minimum atomic E-state index is 0.752. The summed E-state index contributed by atoms with van der Waals surface area (Å²) in [5.74, 6) is 1.90. The molecule has 76 valence electrons. The van der Waals surface area contributed by atoms with Crippen LogP contribution in [0.15, 0.2) is 0 Å². The van der Waals surface area contributed by atoms with E-state index in [-0.39, 0.29) is 0 Å². The number of piperidine rings is 1. The van der Waals surface area contributed by atoms with Crippen molar-refractivity contribution in [2.75, 3.05) is 0 Å². The predicted octanol–water partition coefficient (Wildman–Crippen LogP) is 2.90. The molecule has 1 heteroatoms. The molecule has 1 heterocycles. The summed E-state index contributed by atoms with van der Waals surface area (Å²) in [7, 11) is 0. The molecule has 0 aromatic rings. The Balaban J connectivity index is 2.07. The van der Waals surface area contributed by atoms with Crippen LogP contribution in [0.3, 0.4) is 0 Å². The summed E-state index contributed by atoms with van der Waals surface area (Å²) < 4.78 is 0. The van der Waals surface area contributed by atoms with Crippen molar-refractivity contribution in [3.8, 4) is 0 Å². The number of likely N-dealkylation sites (tertiary alicyclic amines) is 1. The second-order valence-corrected chi connectivity index (χ2v) is 5.49. The van der Waals surface area contributed by atoms with Gasteiger partial charge in [0.25, 0.3) is 0 Å². The molecular weight excluding hydrogens is 158 g/mol. The van der Waals surface area contributed by atoms with Crippen molar-refractivity contribution in [3.05, 3.63) is 0 Å². The van der Waals surface area contributed by atoms with Gasteiger partial charge in [0.05, 0.1) is 0 Å². The third kappa shape index (κ3) is 1.63. The number of hydrogen-bond acceptors (Lipinski definition) is 1. The maximum absolute atomic E-state index is 2.79. The molecule has 2 rings (SSSR count). The molecule has 3 atom stereocenters. The third-order valence-corrected chi connectivity index (χ3v) is 3.85. The Kier molecular flexibility index (Phi) is 2.39. The fourth-order valence-corrected chi connectivity index (χ4v) is 3.13. The molecule has 2 fully saturated rings. The van der Waals surface area contributed by atoms with Crippen LogP contribution in [0, 0.1) is 11.8 Å². The Hall–Kier alpha value is -0.0400. The molecular formula is C12H23N. The summed E-state index contributed by atoms with van der Waals surface area (Å²) in [5.41, 5.74) is 0. The predicted molar refractivity (Wildman–Crippen MR) is 56.7 cm³/mol. The standard InChI is InChI=1S/C12H23N/c1-8(2)11-6-5-10-7-12(10)13(11)9(3)4/h8-12H,5-7H2,1-4H3. The van der Waals surface area contributed by atoms with Crippen molar-refractivity contribution in [1.29, 1.82) is 0 Å². The topological polar surface area (TPSA) is 3.24 Å². The van der Waals surface area contributed by atoms with E-state index in [0.717, 1.165) is 30.0 Å². The lowest BCUT2D eigenvalue weighted by Gasteiger charge is -2.41. The summed E-state index contributed by atoms with van der Waals surface area (Å²) in [6, 6.07) is 2.58. The molecule has 1 aliphatic carbocycles. The van der Waals surface area contributed by atoms with Gasteiger partial charge in [-0.15, -0.1) is 0 Å². The molecule has 0 aromatic heterocycles. The second-order valence-electron chi connectivity index (χ2n) is 5.49. The summed E-state index contributed by atoms with van der Waals surface area (Å²) in [5, 5.41) is 0. The molecule has 1 aliphatic heterocycles. The van der Waals surface area contributed by atoms with E-state index < -0.39 is 0 Å². The summed E-state index contributed by atoms with van der Waals surface area (Å²) >= 11 is 0. The number of nitrogens with zero attached hydrogens (tertiary/aromatic N) is 1. The van der Waals surface area contributed by atoms with Crippen LogP contribution in [0.2, 0.25) is 0 Å². The van der Waals surface area contributed by atoms with E-state index in [1.165, 1.54) is 19.3 Å². The first-order valence-corrected chi connectivity index (χ1v) is 5.88. The van der Waals surface area contributed by atoms with Crippen LogP contribution in [0.5, 0.6) is 0 Å². The molecule has 2 aliphatic rings. The minimum Gasteiger partial charge on any atom is -0.295 e. The monoisotopic (exact) mass is 181 g/mol. The lowest BCUT2D eigenvalue weighted by Crippen LogP contribution is -2.47. The lowest BCUT2D eigenvalue weighted by molar-refractivity contribution is 0.0710. The Morgan fingerprint density at radius 2 is 1.77 bits per heavy atom. The van der Waals surface area contributed by atoms with Gasteiger partial charge < -0.3 is 0 Å². The third-order valence-electron chi connectivity index (χ3n) is 3.85. The number of fused-ring (bicyclic) bond motifs is 1. The van der Waals surface area contributed by atoms with Gasteiger partial charge in [0, 0.05) is 18.1 Å². The van der Waals surface area contributed by atoms with Crippen molar-refractivity contribution < 1.29 is 0 Å². The zero-order valence-corrected chi connectivity index (χ0v) is 9.46. The first-order chi connectivity index (χ1) is 6.11. The fourth-order valence-electron chi connectivity index (χ4n) is 3.13. The first-order valence-electron chi connectivity index (χ1n) is 5.88. The molecule has 13 heavy (non-hydrogen) atoms. The molecule has 0 bridgehead atoms. The van der Waals surface area contributed by atoms with Crippen LogP contribution in [0.25, 0.3) is 0 Å². The van der Waals surface area contributed by atoms with Gasteiger partial charge in [0.2, 0.25) is 0 Å². The SMILES string of the molecule is CC(C)C1CCC2CC2N1C(C)C. The molecule has 0 N–H and O–H groups in total.